The number of nitrogens with zero attached hydrogens (tertiary/aromatic N) is 3. The van der Waals surface area contributed by atoms with Crippen LogP contribution in [0, 0.1) is 0 Å². The summed E-state index contributed by atoms with van der Waals surface area (Å²) in [4.78, 5) is 47.5. The van der Waals surface area contributed by atoms with Crippen molar-refractivity contribution < 1.29 is 28.8 Å². The minimum Gasteiger partial charge on any atom is -0.444 e. The van der Waals surface area contributed by atoms with Crippen LogP contribution in [-0.4, -0.2) is 77.7 Å². The first-order valence-electron chi connectivity index (χ1n) is 8.90. The van der Waals surface area contributed by atoms with Crippen LogP contribution in [-0.2, 0) is 19.2 Å². The Hall–Kier alpha value is -2.82. The lowest BCUT2D eigenvalue weighted by molar-refractivity contribution is -0.122. The molecule has 11 heteroatoms. The molecular formula is C17H27N5O6. The van der Waals surface area contributed by atoms with E-state index in [1.54, 1.807) is 25.7 Å². The quantitative estimate of drug-likeness (QED) is 0.448. The Labute approximate surface area is 163 Å². The number of oxime groups is 1. The number of hydrogen-bond donors (Lipinski definition) is 2. The number of alkyl carbamates (subject to hydrolysis) is 1. The lowest BCUT2D eigenvalue weighted by atomic mass is 9.98. The van der Waals surface area contributed by atoms with Crippen LogP contribution in [0.1, 0.15) is 27.2 Å². The van der Waals surface area contributed by atoms with Crippen molar-refractivity contribution in [1.29, 1.82) is 0 Å². The minimum absolute atomic E-state index is 0.145. The van der Waals surface area contributed by atoms with Crippen LogP contribution in [0.5, 0.6) is 0 Å². The average Bonchev–Trinajstić information content (AvgIpc) is 2.85. The monoisotopic (exact) mass is 397 g/mol. The molecule has 4 amide bonds. The van der Waals surface area contributed by atoms with Crippen LogP contribution < -0.4 is 11.1 Å². The molecule has 0 aromatic carbocycles. The van der Waals surface area contributed by atoms with Gasteiger partial charge >= 0.3 is 12.1 Å². The Balaban J connectivity index is 2.10. The van der Waals surface area contributed by atoms with Crippen LogP contribution >= 0.6 is 0 Å². The fourth-order valence-corrected chi connectivity index (χ4v) is 2.88. The SMILES string of the molecule is C=CCON1C(=O)N2C[C@H]1/C(=N/OCC(N)=O)C[C@H]2CNC(=O)OC(C)(C)C. The Morgan fingerprint density at radius 1 is 1.43 bits per heavy atom. The number of nitrogens with two attached hydrogens (primary N) is 1. The molecule has 2 rings (SSSR count). The Morgan fingerprint density at radius 2 is 2.14 bits per heavy atom. The van der Waals surface area contributed by atoms with Gasteiger partial charge < -0.3 is 25.5 Å². The molecule has 2 atom stereocenters. The summed E-state index contributed by atoms with van der Waals surface area (Å²) >= 11 is 0. The first-order chi connectivity index (χ1) is 13.1. The van der Waals surface area contributed by atoms with E-state index < -0.39 is 23.6 Å². The second-order valence-electron chi connectivity index (χ2n) is 7.42. The van der Waals surface area contributed by atoms with E-state index in [2.05, 4.69) is 17.1 Å². The highest BCUT2D eigenvalue weighted by molar-refractivity contribution is 5.97. The van der Waals surface area contributed by atoms with E-state index in [9.17, 15) is 14.4 Å². The number of rotatable bonds is 8. The summed E-state index contributed by atoms with van der Waals surface area (Å²) in [5, 5.41) is 7.85. The Morgan fingerprint density at radius 3 is 2.75 bits per heavy atom. The number of urea groups is 1. The van der Waals surface area contributed by atoms with E-state index in [0.29, 0.717) is 18.7 Å². The van der Waals surface area contributed by atoms with Crippen molar-refractivity contribution in [2.45, 2.75) is 44.9 Å². The molecule has 2 bridgehead atoms. The zero-order valence-electron chi connectivity index (χ0n) is 16.3. The lowest BCUT2D eigenvalue weighted by Crippen LogP contribution is -2.50. The largest absolute Gasteiger partial charge is 0.444 e. The maximum Gasteiger partial charge on any atom is 0.407 e. The summed E-state index contributed by atoms with van der Waals surface area (Å²) in [6.07, 6.45) is 1.27. The number of piperidine rings is 1. The van der Waals surface area contributed by atoms with Crippen LogP contribution in [0.2, 0.25) is 0 Å². The van der Waals surface area contributed by atoms with E-state index in [0.717, 1.165) is 0 Å². The van der Waals surface area contributed by atoms with Gasteiger partial charge in [0.2, 0.25) is 0 Å². The summed E-state index contributed by atoms with van der Waals surface area (Å²) in [6, 6.07) is -1.18. The van der Waals surface area contributed by atoms with Gasteiger partial charge in [0.1, 0.15) is 11.6 Å². The van der Waals surface area contributed by atoms with Crippen LogP contribution in [0.4, 0.5) is 9.59 Å². The van der Waals surface area contributed by atoms with Crippen LogP contribution in [0.25, 0.3) is 0 Å². The molecule has 0 aromatic rings. The third-order valence-electron chi connectivity index (χ3n) is 3.96. The predicted octanol–water partition coefficient (Wildman–Crippen LogP) is 0.365. The van der Waals surface area contributed by atoms with Gasteiger partial charge in [-0.3, -0.25) is 9.63 Å². The van der Waals surface area contributed by atoms with Crippen molar-refractivity contribution in [2.75, 3.05) is 26.3 Å². The van der Waals surface area contributed by atoms with Gasteiger partial charge in [0.15, 0.2) is 6.61 Å². The summed E-state index contributed by atoms with van der Waals surface area (Å²) in [5.41, 5.74) is 4.94. The van der Waals surface area contributed by atoms with Gasteiger partial charge in [-0.05, 0) is 20.8 Å². The fraction of sp³-hybridized carbons (Fsp3) is 0.647. The van der Waals surface area contributed by atoms with Crippen LogP contribution in [0.15, 0.2) is 17.8 Å². The van der Waals surface area contributed by atoms with Gasteiger partial charge in [-0.2, -0.15) is 5.06 Å². The minimum atomic E-state index is -0.660. The molecule has 0 aromatic heterocycles. The number of amides is 4. The summed E-state index contributed by atoms with van der Waals surface area (Å²) in [7, 11) is 0. The third kappa shape index (κ3) is 5.59. The van der Waals surface area contributed by atoms with E-state index in [1.165, 1.54) is 11.1 Å². The number of carbonyl (C=O) groups is 3. The van der Waals surface area contributed by atoms with E-state index >= 15 is 0 Å². The molecule has 2 saturated heterocycles. The van der Waals surface area contributed by atoms with Crippen LogP contribution in [0.3, 0.4) is 0 Å². The summed E-state index contributed by atoms with van der Waals surface area (Å²) in [6.45, 7) is 9.10. The number of hydrogen-bond acceptors (Lipinski definition) is 7. The number of carbonyl (C=O) groups excluding carboxylic acids is 3. The maximum absolute atomic E-state index is 12.7. The van der Waals surface area contributed by atoms with Gasteiger partial charge in [0.25, 0.3) is 5.91 Å². The summed E-state index contributed by atoms with van der Waals surface area (Å²) in [5.74, 6) is -0.660. The standard InChI is InChI=1S/C17H27N5O6/c1-5-6-27-22-13-9-21(16(22)25)11(7-12(13)20-26-10-14(18)23)8-19-15(24)28-17(2,3)4/h5,11,13H,1,6-10H2,2-4H3,(H2,18,23)(H,19,24)/b20-12+/t11-,13-/m0/s1. The smallest absolute Gasteiger partial charge is 0.407 e. The molecule has 0 unspecified atom stereocenters. The number of nitrogens with one attached hydrogen (secondary N) is 1. The molecule has 0 spiro atoms. The molecule has 0 saturated carbocycles. The molecule has 2 aliphatic heterocycles. The molecule has 2 heterocycles. The zero-order chi connectivity index (χ0) is 20.9. The molecule has 2 fully saturated rings. The molecule has 0 aliphatic carbocycles. The normalized spacial score (nSPS) is 23.0. The van der Waals surface area contributed by atoms with E-state index in [4.69, 9.17) is 20.1 Å². The molecule has 11 nitrogen and oxygen atoms in total. The molecule has 0 radical (unpaired) electrons. The van der Waals surface area contributed by atoms with E-state index in [1.807, 2.05) is 0 Å². The van der Waals surface area contributed by atoms with Crippen molar-refractivity contribution in [3.05, 3.63) is 12.7 Å². The van der Waals surface area contributed by atoms with E-state index in [-0.39, 0.29) is 31.8 Å². The average molecular weight is 397 g/mol. The molecule has 2 aliphatic rings. The number of fused-ring (bicyclic) bond motifs is 2. The predicted molar refractivity (Wildman–Crippen MR) is 99.1 cm³/mol. The lowest BCUT2D eigenvalue weighted by Gasteiger charge is -2.31. The number of primary amides is 1. The van der Waals surface area contributed by atoms with Crippen molar-refractivity contribution in [1.82, 2.24) is 15.3 Å². The van der Waals surface area contributed by atoms with Crippen molar-refractivity contribution >= 4 is 23.7 Å². The molecule has 28 heavy (non-hydrogen) atoms. The molecule has 3 N–H and O–H groups in total. The Bertz CT molecular complexity index is 659. The highest BCUT2D eigenvalue weighted by Crippen LogP contribution is 2.28. The van der Waals surface area contributed by atoms with Gasteiger partial charge in [0, 0.05) is 13.0 Å². The topological polar surface area (TPSA) is 136 Å². The van der Waals surface area contributed by atoms with Crippen molar-refractivity contribution in [3.63, 3.8) is 0 Å². The number of hydroxylamine groups is 2. The molecular weight excluding hydrogens is 370 g/mol. The highest BCUT2D eigenvalue weighted by Gasteiger charge is 2.49. The maximum atomic E-state index is 12.7. The number of ether oxygens (including phenoxy) is 1. The molecule has 156 valence electrons. The first kappa shape index (κ1) is 21.5. The van der Waals surface area contributed by atoms with Crippen molar-refractivity contribution in [3.8, 4) is 0 Å². The highest BCUT2D eigenvalue weighted by atomic mass is 16.7. The Kier molecular flexibility index (Phi) is 6.84. The first-order valence-corrected chi connectivity index (χ1v) is 8.90. The second-order valence-corrected chi connectivity index (χ2v) is 7.42. The van der Waals surface area contributed by atoms with Gasteiger partial charge in [-0.1, -0.05) is 11.2 Å². The van der Waals surface area contributed by atoms with Gasteiger partial charge in [0.05, 0.1) is 24.9 Å². The van der Waals surface area contributed by atoms with Gasteiger partial charge in [-0.15, -0.1) is 6.58 Å². The summed E-state index contributed by atoms with van der Waals surface area (Å²) < 4.78 is 5.22. The fourth-order valence-electron chi connectivity index (χ4n) is 2.88. The zero-order valence-corrected chi connectivity index (χ0v) is 16.3. The van der Waals surface area contributed by atoms with Gasteiger partial charge in [-0.25, -0.2) is 9.59 Å². The second kappa shape index (κ2) is 8.91. The van der Waals surface area contributed by atoms with Crippen molar-refractivity contribution in [2.24, 2.45) is 10.9 Å². The third-order valence-corrected chi connectivity index (χ3v) is 3.96.